The van der Waals surface area contributed by atoms with Gasteiger partial charge in [0.05, 0.1) is 11.8 Å². The zero-order valence-electron chi connectivity index (χ0n) is 13.6. The van der Waals surface area contributed by atoms with Gasteiger partial charge >= 0.3 is 0 Å². The van der Waals surface area contributed by atoms with Crippen LogP contribution in [-0.2, 0) is 0 Å². The number of piperidine rings is 1. The summed E-state index contributed by atoms with van der Waals surface area (Å²) < 4.78 is 5.23. The van der Waals surface area contributed by atoms with Crippen molar-refractivity contribution >= 4 is 5.91 Å². The van der Waals surface area contributed by atoms with Crippen molar-refractivity contribution in [3.63, 3.8) is 0 Å². The summed E-state index contributed by atoms with van der Waals surface area (Å²) in [6.07, 6.45) is 12.1. The van der Waals surface area contributed by atoms with Crippen LogP contribution in [-0.4, -0.2) is 36.0 Å². The van der Waals surface area contributed by atoms with E-state index in [-0.39, 0.29) is 11.9 Å². The highest BCUT2D eigenvalue weighted by Crippen LogP contribution is 2.25. The van der Waals surface area contributed by atoms with Gasteiger partial charge in [0, 0.05) is 18.6 Å². The lowest BCUT2D eigenvalue weighted by atomic mass is 9.99. The predicted octanol–water partition coefficient (Wildman–Crippen LogP) is 3.51. The molecule has 1 N–H and O–H groups in total. The average molecular weight is 304 g/mol. The van der Waals surface area contributed by atoms with Gasteiger partial charge in [-0.2, -0.15) is 0 Å². The van der Waals surface area contributed by atoms with Crippen molar-refractivity contribution in [2.75, 3.05) is 13.1 Å². The molecule has 0 aromatic carbocycles. The minimum atomic E-state index is 0.0129. The van der Waals surface area contributed by atoms with Crippen LogP contribution in [0.4, 0.5) is 0 Å². The third-order valence-corrected chi connectivity index (χ3v) is 5.23. The summed E-state index contributed by atoms with van der Waals surface area (Å²) in [7, 11) is 0. The fourth-order valence-electron chi connectivity index (χ4n) is 3.96. The SMILES string of the molecule is Cc1occc1C(=O)N[C@H]1CCCN(C2CCCCCC2)C1. The molecule has 1 atom stereocenters. The number of furan rings is 1. The molecule has 22 heavy (non-hydrogen) atoms. The van der Waals surface area contributed by atoms with E-state index in [9.17, 15) is 4.79 Å². The van der Waals surface area contributed by atoms with Gasteiger partial charge in [-0.15, -0.1) is 0 Å². The van der Waals surface area contributed by atoms with Crippen molar-refractivity contribution in [2.24, 2.45) is 0 Å². The van der Waals surface area contributed by atoms with Gasteiger partial charge in [0.15, 0.2) is 0 Å². The summed E-state index contributed by atoms with van der Waals surface area (Å²) in [4.78, 5) is 15.0. The van der Waals surface area contributed by atoms with Crippen molar-refractivity contribution < 1.29 is 9.21 Å². The molecule has 1 aromatic rings. The third-order valence-electron chi connectivity index (χ3n) is 5.23. The van der Waals surface area contributed by atoms with E-state index in [1.165, 1.54) is 51.5 Å². The van der Waals surface area contributed by atoms with Crippen LogP contribution in [0.1, 0.15) is 67.5 Å². The number of carbonyl (C=O) groups is 1. The normalized spacial score (nSPS) is 24.9. The van der Waals surface area contributed by atoms with Crippen LogP contribution >= 0.6 is 0 Å². The van der Waals surface area contributed by atoms with Crippen molar-refractivity contribution in [2.45, 2.75) is 70.4 Å². The Labute approximate surface area is 133 Å². The molecule has 2 aliphatic rings. The molecule has 4 nitrogen and oxygen atoms in total. The van der Waals surface area contributed by atoms with Crippen molar-refractivity contribution in [3.05, 3.63) is 23.7 Å². The van der Waals surface area contributed by atoms with E-state index in [1.54, 1.807) is 12.3 Å². The highest BCUT2D eigenvalue weighted by molar-refractivity contribution is 5.95. The fourth-order valence-corrected chi connectivity index (χ4v) is 3.96. The molecule has 1 saturated carbocycles. The van der Waals surface area contributed by atoms with E-state index in [0.717, 1.165) is 19.0 Å². The van der Waals surface area contributed by atoms with Crippen molar-refractivity contribution in [1.82, 2.24) is 10.2 Å². The van der Waals surface area contributed by atoms with Gasteiger partial charge < -0.3 is 9.73 Å². The molecule has 0 unspecified atom stereocenters. The number of amides is 1. The van der Waals surface area contributed by atoms with E-state index in [1.807, 2.05) is 6.92 Å². The van der Waals surface area contributed by atoms with Crippen LogP contribution in [0.15, 0.2) is 16.7 Å². The third kappa shape index (κ3) is 3.72. The highest BCUT2D eigenvalue weighted by atomic mass is 16.3. The van der Waals surface area contributed by atoms with Crippen LogP contribution < -0.4 is 5.32 Å². The quantitative estimate of drug-likeness (QED) is 0.869. The second kappa shape index (κ2) is 7.32. The number of carbonyl (C=O) groups excluding carboxylic acids is 1. The minimum Gasteiger partial charge on any atom is -0.469 e. The Balaban J connectivity index is 1.56. The van der Waals surface area contributed by atoms with Gasteiger partial charge in [-0.1, -0.05) is 25.7 Å². The Morgan fingerprint density at radius 3 is 2.64 bits per heavy atom. The molecule has 1 amide bonds. The van der Waals surface area contributed by atoms with E-state index < -0.39 is 0 Å². The van der Waals surface area contributed by atoms with E-state index in [0.29, 0.717) is 11.3 Å². The lowest BCUT2D eigenvalue weighted by Crippen LogP contribution is -2.50. The number of nitrogens with one attached hydrogen (secondary N) is 1. The Bertz CT molecular complexity index is 489. The van der Waals surface area contributed by atoms with Crippen LogP contribution in [0, 0.1) is 6.92 Å². The summed E-state index contributed by atoms with van der Waals surface area (Å²) >= 11 is 0. The Kier molecular flexibility index (Phi) is 5.19. The molecule has 1 aliphatic carbocycles. The minimum absolute atomic E-state index is 0.0129. The fraction of sp³-hybridized carbons (Fsp3) is 0.722. The molecule has 3 rings (SSSR count). The largest absolute Gasteiger partial charge is 0.469 e. The second-order valence-electron chi connectivity index (χ2n) is 6.84. The predicted molar refractivity (Wildman–Crippen MR) is 87.0 cm³/mol. The molecule has 1 saturated heterocycles. The molecule has 2 heterocycles. The monoisotopic (exact) mass is 304 g/mol. The van der Waals surface area contributed by atoms with Crippen molar-refractivity contribution in [1.29, 1.82) is 0 Å². The number of hydrogen-bond acceptors (Lipinski definition) is 3. The zero-order chi connectivity index (χ0) is 15.4. The van der Waals surface area contributed by atoms with Crippen molar-refractivity contribution in [3.8, 4) is 0 Å². The number of likely N-dealkylation sites (tertiary alicyclic amines) is 1. The number of nitrogens with zero attached hydrogens (tertiary/aromatic N) is 1. The van der Waals surface area contributed by atoms with E-state index in [2.05, 4.69) is 10.2 Å². The standard InChI is InChI=1S/C18H28N2O2/c1-14-17(10-12-22-14)18(21)19-15-7-6-11-20(13-15)16-8-4-2-3-5-9-16/h10,12,15-16H,2-9,11,13H2,1H3,(H,19,21)/t15-/m0/s1. The van der Waals surface area contributed by atoms with Gasteiger partial charge in [-0.3, -0.25) is 9.69 Å². The average Bonchev–Trinajstić information content (AvgIpc) is 2.78. The molecule has 0 bridgehead atoms. The molecule has 0 radical (unpaired) electrons. The summed E-state index contributed by atoms with van der Waals surface area (Å²) in [5, 5.41) is 3.21. The molecule has 1 aliphatic heterocycles. The molecular formula is C18H28N2O2. The van der Waals surface area contributed by atoms with Gasteiger partial charge in [-0.25, -0.2) is 0 Å². The summed E-state index contributed by atoms with van der Waals surface area (Å²) in [5.74, 6) is 0.716. The summed E-state index contributed by atoms with van der Waals surface area (Å²) in [6.45, 7) is 4.04. The molecular weight excluding hydrogens is 276 g/mol. The van der Waals surface area contributed by atoms with Gasteiger partial charge in [-0.05, 0) is 45.2 Å². The van der Waals surface area contributed by atoms with Crippen LogP contribution in [0.2, 0.25) is 0 Å². The maximum Gasteiger partial charge on any atom is 0.255 e. The first kappa shape index (κ1) is 15.6. The summed E-state index contributed by atoms with van der Waals surface area (Å²) in [5.41, 5.74) is 0.673. The first-order valence-corrected chi connectivity index (χ1v) is 8.83. The summed E-state index contributed by atoms with van der Waals surface area (Å²) in [6, 6.07) is 2.77. The number of aryl methyl sites for hydroxylation is 1. The molecule has 1 aromatic heterocycles. The smallest absolute Gasteiger partial charge is 0.255 e. The first-order chi connectivity index (χ1) is 10.7. The van der Waals surface area contributed by atoms with Gasteiger partial charge in [0.2, 0.25) is 0 Å². The molecule has 122 valence electrons. The van der Waals surface area contributed by atoms with E-state index >= 15 is 0 Å². The topological polar surface area (TPSA) is 45.5 Å². The molecule has 4 heteroatoms. The molecule has 2 fully saturated rings. The van der Waals surface area contributed by atoms with Gasteiger partial charge in [0.25, 0.3) is 5.91 Å². The van der Waals surface area contributed by atoms with Gasteiger partial charge in [0.1, 0.15) is 5.76 Å². The Morgan fingerprint density at radius 1 is 1.18 bits per heavy atom. The van der Waals surface area contributed by atoms with Crippen LogP contribution in [0.5, 0.6) is 0 Å². The lowest BCUT2D eigenvalue weighted by Gasteiger charge is -2.38. The van der Waals surface area contributed by atoms with Crippen LogP contribution in [0.3, 0.4) is 0 Å². The maximum atomic E-state index is 12.3. The molecule has 0 spiro atoms. The first-order valence-electron chi connectivity index (χ1n) is 8.83. The highest BCUT2D eigenvalue weighted by Gasteiger charge is 2.27. The Hall–Kier alpha value is -1.29. The zero-order valence-corrected chi connectivity index (χ0v) is 13.6. The maximum absolute atomic E-state index is 12.3. The van der Waals surface area contributed by atoms with E-state index in [4.69, 9.17) is 4.42 Å². The number of rotatable bonds is 3. The van der Waals surface area contributed by atoms with Crippen LogP contribution in [0.25, 0.3) is 0 Å². The second-order valence-corrected chi connectivity index (χ2v) is 6.84. The Morgan fingerprint density at radius 2 is 1.95 bits per heavy atom. The lowest BCUT2D eigenvalue weighted by molar-refractivity contribution is 0.0859. The number of hydrogen-bond donors (Lipinski definition) is 1.